The summed E-state index contributed by atoms with van der Waals surface area (Å²) < 4.78 is 2.16. The van der Waals surface area contributed by atoms with Gasteiger partial charge in [-0.1, -0.05) is 72.8 Å². The van der Waals surface area contributed by atoms with Gasteiger partial charge in [0, 0.05) is 17.1 Å². The van der Waals surface area contributed by atoms with Gasteiger partial charge in [0.25, 0.3) is 5.91 Å². The van der Waals surface area contributed by atoms with Crippen molar-refractivity contribution in [3.8, 4) is 16.8 Å². The van der Waals surface area contributed by atoms with E-state index in [4.69, 9.17) is 0 Å². The van der Waals surface area contributed by atoms with Crippen molar-refractivity contribution in [2.75, 3.05) is 0 Å². The molecule has 5 heteroatoms. The summed E-state index contributed by atoms with van der Waals surface area (Å²) in [6.07, 6.45) is 1.77. The summed E-state index contributed by atoms with van der Waals surface area (Å²) in [5.74, 6) is -0.314. The van der Waals surface area contributed by atoms with E-state index in [1.54, 1.807) is 6.08 Å². The van der Waals surface area contributed by atoms with Gasteiger partial charge in [-0.15, -0.1) is 0 Å². The molecule has 0 radical (unpaired) electrons. The second-order valence-corrected chi connectivity index (χ2v) is 8.44. The molecule has 34 heavy (non-hydrogen) atoms. The van der Waals surface area contributed by atoms with Gasteiger partial charge >= 0.3 is 6.03 Å². The Morgan fingerprint density at radius 2 is 1.41 bits per heavy atom. The summed E-state index contributed by atoms with van der Waals surface area (Å²) in [6, 6.07) is 29.8. The fourth-order valence-electron chi connectivity index (χ4n) is 4.40. The third-order valence-electron chi connectivity index (χ3n) is 6.15. The molecule has 1 saturated heterocycles. The van der Waals surface area contributed by atoms with Gasteiger partial charge in [0.05, 0.1) is 6.54 Å². The third kappa shape index (κ3) is 4.04. The van der Waals surface area contributed by atoms with Crippen molar-refractivity contribution >= 4 is 18.0 Å². The standard InChI is InChI=1S/C29H25N3O2/c1-20-17-25(18-27-28(33)31(29(34)30-27)19-22-9-5-3-6-10-22)21(2)32(20)26-15-13-24(14-16-26)23-11-7-4-8-12-23/h3-18H,19H2,1-2H3,(H,30,34)/b27-18-. The molecule has 0 saturated carbocycles. The van der Waals surface area contributed by atoms with Crippen molar-refractivity contribution in [3.63, 3.8) is 0 Å². The number of rotatable bonds is 5. The summed E-state index contributed by atoms with van der Waals surface area (Å²) in [4.78, 5) is 26.6. The average Bonchev–Trinajstić information content (AvgIpc) is 3.29. The maximum atomic E-state index is 12.9. The number of benzene rings is 3. The van der Waals surface area contributed by atoms with Crippen molar-refractivity contribution in [3.05, 3.63) is 119 Å². The Hall–Kier alpha value is -4.38. The maximum Gasteiger partial charge on any atom is 0.329 e. The van der Waals surface area contributed by atoms with Gasteiger partial charge in [-0.25, -0.2) is 4.79 Å². The van der Waals surface area contributed by atoms with Gasteiger partial charge in [0.2, 0.25) is 0 Å². The number of carbonyl (C=O) groups is 2. The predicted molar refractivity (Wildman–Crippen MR) is 134 cm³/mol. The first-order valence-corrected chi connectivity index (χ1v) is 11.2. The van der Waals surface area contributed by atoms with Crippen LogP contribution < -0.4 is 5.32 Å². The average molecular weight is 448 g/mol. The SMILES string of the molecule is Cc1cc(/C=C2\NC(=O)N(Cc3ccccc3)C2=O)c(C)n1-c1ccc(-c2ccccc2)cc1. The quantitative estimate of drug-likeness (QED) is 0.308. The molecule has 1 N–H and O–H groups in total. The lowest BCUT2D eigenvalue weighted by molar-refractivity contribution is -0.123. The number of nitrogens with one attached hydrogen (secondary N) is 1. The van der Waals surface area contributed by atoms with Gasteiger partial charge < -0.3 is 9.88 Å². The predicted octanol–water partition coefficient (Wildman–Crippen LogP) is 5.85. The minimum atomic E-state index is -0.398. The lowest BCUT2D eigenvalue weighted by atomic mass is 10.1. The molecular weight excluding hydrogens is 422 g/mol. The molecule has 0 unspecified atom stereocenters. The topological polar surface area (TPSA) is 54.3 Å². The zero-order chi connectivity index (χ0) is 23.7. The second-order valence-electron chi connectivity index (χ2n) is 8.44. The summed E-state index contributed by atoms with van der Waals surface area (Å²) in [7, 11) is 0. The van der Waals surface area contributed by atoms with E-state index < -0.39 is 6.03 Å². The molecule has 3 amide bonds. The van der Waals surface area contributed by atoms with Crippen LogP contribution in [0.5, 0.6) is 0 Å². The number of amides is 3. The van der Waals surface area contributed by atoms with Crippen LogP contribution in [0.25, 0.3) is 22.9 Å². The van der Waals surface area contributed by atoms with Gasteiger partial charge in [-0.05, 0) is 60.4 Å². The molecular formula is C29H25N3O2. The Kier molecular flexibility index (Phi) is 5.60. The first-order valence-electron chi connectivity index (χ1n) is 11.2. The van der Waals surface area contributed by atoms with Crippen molar-refractivity contribution < 1.29 is 9.59 Å². The number of hydrogen-bond donors (Lipinski definition) is 1. The van der Waals surface area contributed by atoms with Crippen LogP contribution in [0, 0.1) is 13.8 Å². The molecule has 0 aliphatic carbocycles. The Bertz CT molecular complexity index is 1380. The monoisotopic (exact) mass is 447 g/mol. The number of aromatic nitrogens is 1. The fraction of sp³-hybridized carbons (Fsp3) is 0.103. The maximum absolute atomic E-state index is 12.9. The normalized spacial score (nSPS) is 14.6. The van der Waals surface area contributed by atoms with Crippen molar-refractivity contribution in [2.45, 2.75) is 20.4 Å². The highest BCUT2D eigenvalue weighted by atomic mass is 16.2. The molecule has 0 bridgehead atoms. The smallest absolute Gasteiger partial charge is 0.318 e. The van der Waals surface area contributed by atoms with Gasteiger partial charge in [-0.3, -0.25) is 9.69 Å². The molecule has 168 valence electrons. The molecule has 4 aromatic rings. The molecule has 2 heterocycles. The first kappa shape index (κ1) is 21.5. The van der Waals surface area contributed by atoms with Crippen molar-refractivity contribution in [1.82, 2.24) is 14.8 Å². The molecule has 1 fully saturated rings. The van der Waals surface area contributed by atoms with E-state index in [0.29, 0.717) is 5.70 Å². The molecule has 0 spiro atoms. The largest absolute Gasteiger partial charge is 0.329 e. The molecule has 0 atom stereocenters. The third-order valence-corrected chi connectivity index (χ3v) is 6.15. The summed E-state index contributed by atoms with van der Waals surface area (Å²) in [5.41, 5.74) is 7.53. The molecule has 5 nitrogen and oxygen atoms in total. The number of imide groups is 1. The Labute approximate surface area is 199 Å². The minimum Gasteiger partial charge on any atom is -0.318 e. The van der Waals surface area contributed by atoms with Crippen LogP contribution >= 0.6 is 0 Å². The van der Waals surface area contributed by atoms with E-state index in [2.05, 4.69) is 46.3 Å². The van der Waals surface area contributed by atoms with Crippen LogP contribution in [-0.4, -0.2) is 21.4 Å². The van der Waals surface area contributed by atoms with E-state index in [1.807, 2.05) is 68.4 Å². The molecule has 3 aromatic carbocycles. The van der Waals surface area contributed by atoms with E-state index in [-0.39, 0.29) is 12.5 Å². The first-order chi connectivity index (χ1) is 16.5. The fourth-order valence-corrected chi connectivity index (χ4v) is 4.40. The van der Waals surface area contributed by atoms with Crippen LogP contribution in [0.3, 0.4) is 0 Å². The Balaban J connectivity index is 1.41. The van der Waals surface area contributed by atoms with Gasteiger partial charge in [-0.2, -0.15) is 0 Å². The zero-order valence-corrected chi connectivity index (χ0v) is 19.2. The van der Waals surface area contributed by atoms with Gasteiger partial charge in [0.15, 0.2) is 0 Å². The zero-order valence-electron chi connectivity index (χ0n) is 19.2. The van der Waals surface area contributed by atoms with Gasteiger partial charge in [0.1, 0.15) is 5.70 Å². The van der Waals surface area contributed by atoms with Crippen LogP contribution in [-0.2, 0) is 11.3 Å². The highest BCUT2D eigenvalue weighted by molar-refractivity contribution is 6.14. The van der Waals surface area contributed by atoms with E-state index in [0.717, 1.165) is 33.8 Å². The summed E-state index contributed by atoms with van der Waals surface area (Å²) in [6.45, 7) is 4.31. The van der Waals surface area contributed by atoms with Crippen LogP contribution in [0.4, 0.5) is 4.79 Å². The minimum absolute atomic E-state index is 0.246. The number of hydrogen-bond acceptors (Lipinski definition) is 2. The molecule has 1 aromatic heterocycles. The molecule has 1 aliphatic heterocycles. The van der Waals surface area contributed by atoms with E-state index in [9.17, 15) is 9.59 Å². The number of aryl methyl sites for hydroxylation is 1. The number of nitrogens with zero attached hydrogens (tertiary/aromatic N) is 2. The lowest BCUT2D eigenvalue weighted by Gasteiger charge is -2.11. The summed E-state index contributed by atoms with van der Waals surface area (Å²) >= 11 is 0. The van der Waals surface area contributed by atoms with Crippen LogP contribution in [0.1, 0.15) is 22.5 Å². The number of carbonyl (C=O) groups excluding carboxylic acids is 2. The lowest BCUT2D eigenvalue weighted by Crippen LogP contribution is -2.30. The highest BCUT2D eigenvalue weighted by Gasteiger charge is 2.33. The van der Waals surface area contributed by atoms with Crippen LogP contribution in [0.15, 0.2) is 96.7 Å². The van der Waals surface area contributed by atoms with Crippen LogP contribution in [0.2, 0.25) is 0 Å². The highest BCUT2D eigenvalue weighted by Crippen LogP contribution is 2.26. The van der Waals surface area contributed by atoms with E-state index in [1.165, 1.54) is 10.5 Å². The Morgan fingerprint density at radius 1 is 0.794 bits per heavy atom. The van der Waals surface area contributed by atoms with Crippen molar-refractivity contribution in [2.24, 2.45) is 0 Å². The Morgan fingerprint density at radius 3 is 2.09 bits per heavy atom. The number of urea groups is 1. The summed E-state index contributed by atoms with van der Waals surface area (Å²) in [5, 5.41) is 2.73. The van der Waals surface area contributed by atoms with Crippen molar-refractivity contribution in [1.29, 1.82) is 0 Å². The second kappa shape index (κ2) is 8.87. The molecule has 1 aliphatic rings. The van der Waals surface area contributed by atoms with E-state index >= 15 is 0 Å². The molecule has 5 rings (SSSR count).